The predicted octanol–water partition coefficient (Wildman–Crippen LogP) is 4.47. The van der Waals surface area contributed by atoms with E-state index >= 15 is 0 Å². The van der Waals surface area contributed by atoms with E-state index in [2.05, 4.69) is 29.7 Å². The van der Waals surface area contributed by atoms with Crippen LogP contribution in [0.4, 0.5) is 5.69 Å². The normalized spacial score (nSPS) is 15.9. The van der Waals surface area contributed by atoms with Crippen molar-refractivity contribution in [2.75, 3.05) is 11.4 Å². The van der Waals surface area contributed by atoms with Gasteiger partial charge in [0.2, 0.25) is 5.91 Å². The van der Waals surface area contributed by atoms with Crippen molar-refractivity contribution in [3.05, 3.63) is 41.5 Å². The highest BCUT2D eigenvalue weighted by molar-refractivity contribution is 7.80. The summed E-state index contributed by atoms with van der Waals surface area (Å²) < 4.78 is 0. The van der Waals surface area contributed by atoms with E-state index in [1.165, 1.54) is 5.56 Å². The molecule has 3 aromatic rings. The Morgan fingerprint density at radius 1 is 1.24 bits per heavy atom. The van der Waals surface area contributed by atoms with Crippen LogP contribution in [0.25, 0.3) is 22.4 Å². The standard InChI is InChI=1S/C20H21N3OS/c1-5-23-16-10-15-14(9-13(16)20(3,4)19(23)24)21-18(22-15)12-7-6-11(2)8-17(12)25/h6-10,25H,5H2,1-4H3,(H,21,22). The molecule has 0 aliphatic carbocycles. The molecule has 1 aromatic heterocycles. The van der Waals surface area contributed by atoms with Crippen molar-refractivity contribution < 1.29 is 4.79 Å². The van der Waals surface area contributed by atoms with Crippen molar-refractivity contribution in [1.82, 2.24) is 9.97 Å². The lowest BCUT2D eigenvalue weighted by molar-refractivity contribution is -0.122. The Labute approximate surface area is 152 Å². The largest absolute Gasteiger partial charge is 0.338 e. The van der Waals surface area contributed by atoms with Crippen LogP contribution in [-0.4, -0.2) is 22.4 Å². The molecule has 0 unspecified atom stereocenters. The summed E-state index contributed by atoms with van der Waals surface area (Å²) >= 11 is 4.59. The summed E-state index contributed by atoms with van der Waals surface area (Å²) in [5.74, 6) is 0.949. The maximum absolute atomic E-state index is 12.7. The fraction of sp³-hybridized carbons (Fsp3) is 0.300. The van der Waals surface area contributed by atoms with Gasteiger partial charge in [-0.15, -0.1) is 12.6 Å². The van der Waals surface area contributed by atoms with Crippen LogP contribution in [0.2, 0.25) is 0 Å². The summed E-state index contributed by atoms with van der Waals surface area (Å²) in [6.45, 7) is 8.68. The summed E-state index contributed by atoms with van der Waals surface area (Å²) in [5, 5.41) is 0. The van der Waals surface area contributed by atoms with Crippen molar-refractivity contribution in [3.8, 4) is 11.4 Å². The number of carbonyl (C=O) groups is 1. The van der Waals surface area contributed by atoms with E-state index in [0.717, 1.165) is 38.6 Å². The highest BCUT2D eigenvalue weighted by Crippen LogP contribution is 2.43. The first-order valence-corrected chi connectivity index (χ1v) is 8.94. The minimum Gasteiger partial charge on any atom is -0.338 e. The third kappa shape index (κ3) is 2.29. The van der Waals surface area contributed by atoms with Crippen LogP contribution in [0.1, 0.15) is 31.9 Å². The zero-order chi connectivity index (χ0) is 17.9. The number of carbonyl (C=O) groups excluding carboxylic acids is 1. The molecule has 1 N–H and O–H groups in total. The minimum absolute atomic E-state index is 0.147. The fourth-order valence-electron chi connectivity index (χ4n) is 3.62. The van der Waals surface area contributed by atoms with E-state index in [1.54, 1.807) is 0 Å². The molecule has 0 atom stereocenters. The molecule has 0 bridgehead atoms. The number of hydrogen-bond acceptors (Lipinski definition) is 3. The number of benzene rings is 2. The van der Waals surface area contributed by atoms with Gasteiger partial charge in [0.1, 0.15) is 5.82 Å². The molecular weight excluding hydrogens is 330 g/mol. The third-order valence-corrected chi connectivity index (χ3v) is 5.44. The molecular formula is C20H21N3OS. The van der Waals surface area contributed by atoms with Gasteiger partial charge in [0.25, 0.3) is 0 Å². The maximum atomic E-state index is 12.7. The Morgan fingerprint density at radius 2 is 2.00 bits per heavy atom. The molecule has 4 rings (SSSR count). The number of rotatable bonds is 2. The average Bonchev–Trinajstić information content (AvgIpc) is 3.03. The molecule has 0 fully saturated rings. The van der Waals surface area contributed by atoms with Gasteiger partial charge < -0.3 is 9.88 Å². The molecule has 2 aromatic carbocycles. The van der Waals surface area contributed by atoms with Gasteiger partial charge in [-0.05, 0) is 63.1 Å². The number of aryl methyl sites for hydroxylation is 1. The highest BCUT2D eigenvalue weighted by Gasteiger charge is 2.43. The van der Waals surface area contributed by atoms with Gasteiger partial charge in [-0.3, -0.25) is 4.79 Å². The highest BCUT2D eigenvalue weighted by atomic mass is 32.1. The minimum atomic E-state index is -0.511. The molecule has 1 amide bonds. The Kier molecular flexibility index (Phi) is 3.48. The number of likely N-dealkylation sites (N-methyl/N-ethyl adjacent to an activating group) is 1. The van der Waals surface area contributed by atoms with Crippen LogP contribution in [0.15, 0.2) is 35.2 Å². The van der Waals surface area contributed by atoms with Crippen LogP contribution < -0.4 is 4.90 Å². The average molecular weight is 351 g/mol. The van der Waals surface area contributed by atoms with Gasteiger partial charge in [-0.1, -0.05) is 6.07 Å². The van der Waals surface area contributed by atoms with Crippen LogP contribution in [0.5, 0.6) is 0 Å². The van der Waals surface area contributed by atoms with E-state index in [0.29, 0.717) is 6.54 Å². The Morgan fingerprint density at radius 3 is 2.68 bits per heavy atom. The summed E-state index contributed by atoms with van der Waals surface area (Å²) in [4.78, 5) is 23.6. The first kappa shape index (κ1) is 16.2. The van der Waals surface area contributed by atoms with Crippen LogP contribution in [0.3, 0.4) is 0 Å². The number of H-pyrrole nitrogens is 1. The van der Waals surface area contributed by atoms with E-state index in [4.69, 9.17) is 4.98 Å². The topological polar surface area (TPSA) is 49.0 Å². The molecule has 0 radical (unpaired) electrons. The maximum Gasteiger partial charge on any atom is 0.237 e. The number of nitrogens with zero attached hydrogens (tertiary/aromatic N) is 2. The molecule has 128 valence electrons. The second-order valence-electron chi connectivity index (χ2n) is 7.17. The lowest BCUT2D eigenvalue weighted by Crippen LogP contribution is -2.35. The summed E-state index contributed by atoms with van der Waals surface area (Å²) in [6.07, 6.45) is 0. The van der Waals surface area contributed by atoms with Gasteiger partial charge in [0.15, 0.2) is 0 Å². The number of nitrogens with one attached hydrogen (secondary N) is 1. The molecule has 1 aliphatic rings. The molecule has 5 heteroatoms. The van der Waals surface area contributed by atoms with Crippen molar-refractivity contribution in [3.63, 3.8) is 0 Å². The van der Waals surface area contributed by atoms with Crippen LogP contribution in [-0.2, 0) is 10.2 Å². The van der Waals surface area contributed by atoms with Crippen molar-refractivity contribution in [1.29, 1.82) is 0 Å². The second kappa shape index (κ2) is 5.36. The molecule has 0 saturated carbocycles. The molecule has 2 heterocycles. The molecule has 1 aliphatic heterocycles. The number of thiol groups is 1. The smallest absolute Gasteiger partial charge is 0.237 e. The van der Waals surface area contributed by atoms with Gasteiger partial charge >= 0.3 is 0 Å². The number of fused-ring (bicyclic) bond motifs is 2. The first-order chi connectivity index (χ1) is 11.8. The number of aromatic amines is 1. The van der Waals surface area contributed by atoms with E-state index in [1.807, 2.05) is 50.8 Å². The predicted molar refractivity (Wildman–Crippen MR) is 105 cm³/mol. The number of imidazole rings is 1. The van der Waals surface area contributed by atoms with Crippen molar-refractivity contribution in [2.24, 2.45) is 0 Å². The van der Waals surface area contributed by atoms with Crippen LogP contribution in [0, 0.1) is 6.92 Å². The zero-order valence-corrected chi connectivity index (χ0v) is 15.7. The molecule has 25 heavy (non-hydrogen) atoms. The fourth-order valence-corrected chi connectivity index (χ4v) is 4.00. The molecule has 4 nitrogen and oxygen atoms in total. The zero-order valence-electron chi connectivity index (χ0n) is 14.8. The van der Waals surface area contributed by atoms with Gasteiger partial charge in [-0.25, -0.2) is 4.98 Å². The van der Waals surface area contributed by atoms with E-state index in [-0.39, 0.29) is 5.91 Å². The molecule has 0 saturated heterocycles. The van der Waals surface area contributed by atoms with Crippen molar-refractivity contribution >= 4 is 35.3 Å². The van der Waals surface area contributed by atoms with Gasteiger partial charge in [0.05, 0.1) is 22.1 Å². The third-order valence-electron chi connectivity index (χ3n) is 5.07. The quantitative estimate of drug-likeness (QED) is 0.669. The first-order valence-electron chi connectivity index (χ1n) is 8.49. The Balaban J connectivity index is 1.91. The van der Waals surface area contributed by atoms with Crippen LogP contribution >= 0.6 is 12.6 Å². The summed E-state index contributed by atoms with van der Waals surface area (Å²) in [5.41, 5.74) is 5.47. The monoisotopic (exact) mass is 351 g/mol. The Bertz CT molecular complexity index is 1020. The Hall–Kier alpha value is -2.27. The number of amides is 1. The number of hydrogen-bond donors (Lipinski definition) is 2. The lowest BCUT2D eigenvalue weighted by atomic mass is 9.86. The van der Waals surface area contributed by atoms with Gasteiger partial charge in [-0.2, -0.15) is 0 Å². The SMILES string of the molecule is CCN1C(=O)C(C)(C)c2cc3[nH]c(-c4ccc(C)cc4S)nc3cc21. The molecule has 0 spiro atoms. The van der Waals surface area contributed by atoms with E-state index < -0.39 is 5.41 Å². The van der Waals surface area contributed by atoms with Gasteiger partial charge in [0, 0.05) is 17.0 Å². The van der Waals surface area contributed by atoms with E-state index in [9.17, 15) is 4.79 Å². The second-order valence-corrected chi connectivity index (χ2v) is 7.65. The number of anilines is 1. The number of aromatic nitrogens is 2. The summed E-state index contributed by atoms with van der Waals surface area (Å²) in [7, 11) is 0. The summed E-state index contributed by atoms with van der Waals surface area (Å²) in [6, 6.07) is 10.2. The lowest BCUT2D eigenvalue weighted by Gasteiger charge is -2.18. The van der Waals surface area contributed by atoms with Crippen molar-refractivity contribution in [2.45, 2.75) is 38.0 Å².